The number of benzene rings is 1. The monoisotopic (exact) mass is 356 g/mol. The number of para-hydroxylation sites is 1. The molecule has 136 valence electrons. The van der Waals surface area contributed by atoms with Crippen LogP contribution in [0.25, 0.3) is 11.0 Å². The van der Waals surface area contributed by atoms with E-state index in [1.54, 1.807) is 18.7 Å². The number of esters is 1. The number of aromatic nitrogens is 5. The topological polar surface area (TPSA) is 104 Å². The molecule has 0 radical (unpaired) electrons. The van der Waals surface area contributed by atoms with Gasteiger partial charge in [0, 0.05) is 7.05 Å². The number of ether oxygens (including phenoxy) is 1. The van der Waals surface area contributed by atoms with Crippen molar-refractivity contribution in [3.05, 3.63) is 36.0 Å². The fourth-order valence-electron chi connectivity index (χ4n) is 2.73. The van der Waals surface area contributed by atoms with Gasteiger partial charge in [-0.2, -0.15) is 5.10 Å². The molecule has 26 heavy (non-hydrogen) atoms. The molecule has 0 bridgehead atoms. The molecule has 0 aliphatic carbocycles. The lowest BCUT2D eigenvalue weighted by Crippen LogP contribution is -2.28. The largest absolute Gasteiger partial charge is 0.462 e. The van der Waals surface area contributed by atoms with Gasteiger partial charge in [-0.25, -0.2) is 9.48 Å². The number of amides is 1. The number of carbonyl (C=O) groups is 2. The number of aryl methyl sites for hydroxylation is 1. The summed E-state index contributed by atoms with van der Waals surface area (Å²) >= 11 is 0. The Bertz CT molecular complexity index is 945. The summed E-state index contributed by atoms with van der Waals surface area (Å²) in [5.41, 5.74) is 1.69. The molecule has 1 aromatic carbocycles. The van der Waals surface area contributed by atoms with E-state index in [0.29, 0.717) is 11.9 Å². The molecule has 0 aliphatic heterocycles. The fourth-order valence-corrected chi connectivity index (χ4v) is 2.73. The van der Waals surface area contributed by atoms with E-state index < -0.39 is 12.0 Å². The van der Waals surface area contributed by atoms with Gasteiger partial charge in [0.1, 0.15) is 22.9 Å². The fraction of sp³-hybridized carbons (Fsp3) is 0.353. The summed E-state index contributed by atoms with van der Waals surface area (Å²) in [4.78, 5) is 24.9. The van der Waals surface area contributed by atoms with Gasteiger partial charge in [-0.15, -0.1) is 5.10 Å². The predicted molar refractivity (Wildman–Crippen MR) is 94.7 cm³/mol. The molecular weight excluding hydrogens is 336 g/mol. The van der Waals surface area contributed by atoms with Crippen molar-refractivity contribution < 1.29 is 14.3 Å². The number of anilines is 1. The van der Waals surface area contributed by atoms with Gasteiger partial charge in [0.05, 0.1) is 18.3 Å². The van der Waals surface area contributed by atoms with E-state index in [-0.39, 0.29) is 23.9 Å². The third kappa shape index (κ3) is 3.15. The van der Waals surface area contributed by atoms with Crippen molar-refractivity contribution in [3.63, 3.8) is 0 Å². The SMILES string of the molecule is CCOC(=O)c1cnn(C)c1NC(=O)C(CC)n1nnc2ccccc21. The van der Waals surface area contributed by atoms with Crippen LogP contribution in [-0.4, -0.2) is 43.3 Å². The van der Waals surface area contributed by atoms with Crippen molar-refractivity contribution >= 4 is 28.7 Å². The quantitative estimate of drug-likeness (QED) is 0.677. The van der Waals surface area contributed by atoms with E-state index >= 15 is 0 Å². The number of carbonyl (C=O) groups excluding carboxylic acids is 2. The molecule has 0 saturated heterocycles. The highest BCUT2D eigenvalue weighted by Crippen LogP contribution is 2.22. The third-order valence-corrected chi connectivity index (χ3v) is 4.04. The van der Waals surface area contributed by atoms with Crippen LogP contribution in [0.1, 0.15) is 36.7 Å². The third-order valence-electron chi connectivity index (χ3n) is 4.04. The lowest BCUT2D eigenvalue weighted by Gasteiger charge is -2.16. The minimum absolute atomic E-state index is 0.209. The van der Waals surface area contributed by atoms with Crippen LogP contribution in [0.15, 0.2) is 30.5 Å². The lowest BCUT2D eigenvalue weighted by molar-refractivity contribution is -0.119. The molecule has 0 aliphatic rings. The van der Waals surface area contributed by atoms with Crippen molar-refractivity contribution in [1.29, 1.82) is 0 Å². The number of hydrogen-bond donors (Lipinski definition) is 1. The molecule has 0 fully saturated rings. The Morgan fingerprint density at radius 2 is 2.04 bits per heavy atom. The van der Waals surface area contributed by atoms with E-state index in [1.165, 1.54) is 10.9 Å². The van der Waals surface area contributed by atoms with Gasteiger partial charge < -0.3 is 10.1 Å². The van der Waals surface area contributed by atoms with Crippen LogP contribution >= 0.6 is 0 Å². The summed E-state index contributed by atoms with van der Waals surface area (Å²) in [7, 11) is 1.64. The number of rotatable bonds is 6. The minimum Gasteiger partial charge on any atom is -0.462 e. The molecule has 3 rings (SSSR count). The smallest absolute Gasteiger partial charge is 0.343 e. The summed E-state index contributed by atoms with van der Waals surface area (Å²) < 4.78 is 8.02. The maximum absolute atomic E-state index is 12.9. The molecule has 3 aromatic rings. The maximum atomic E-state index is 12.9. The first-order valence-corrected chi connectivity index (χ1v) is 8.36. The summed E-state index contributed by atoms with van der Waals surface area (Å²) in [6.45, 7) is 3.84. The molecule has 1 N–H and O–H groups in total. The average Bonchev–Trinajstić information content (AvgIpc) is 3.21. The van der Waals surface area contributed by atoms with E-state index in [0.717, 1.165) is 5.52 Å². The van der Waals surface area contributed by atoms with Crippen LogP contribution in [0, 0.1) is 0 Å². The number of fused-ring (bicyclic) bond motifs is 1. The van der Waals surface area contributed by atoms with Crippen molar-refractivity contribution in [2.24, 2.45) is 7.05 Å². The second-order valence-electron chi connectivity index (χ2n) is 5.69. The van der Waals surface area contributed by atoms with Crippen LogP contribution in [0.4, 0.5) is 5.82 Å². The number of nitrogens with zero attached hydrogens (tertiary/aromatic N) is 5. The van der Waals surface area contributed by atoms with Crippen LogP contribution < -0.4 is 5.32 Å². The van der Waals surface area contributed by atoms with E-state index in [2.05, 4.69) is 20.7 Å². The van der Waals surface area contributed by atoms with Gasteiger partial charge in [-0.05, 0) is 25.5 Å². The van der Waals surface area contributed by atoms with Crippen LogP contribution in [0.2, 0.25) is 0 Å². The van der Waals surface area contributed by atoms with E-state index in [4.69, 9.17) is 4.74 Å². The average molecular weight is 356 g/mol. The van der Waals surface area contributed by atoms with Crippen molar-refractivity contribution in [2.45, 2.75) is 26.3 Å². The first-order valence-electron chi connectivity index (χ1n) is 8.36. The summed E-state index contributed by atoms with van der Waals surface area (Å²) in [6.07, 6.45) is 1.88. The van der Waals surface area contributed by atoms with Crippen LogP contribution in [0.5, 0.6) is 0 Å². The lowest BCUT2D eigenvalue weighted by atomic mass is 10.2. The van der Waals surface area contributed by atoms with Crippen molar-refractivity contribution in [2.75, 3.05) is 11.9 Å². The Labute approximate surface area is 149 Å². The second-order valence-corrected chi connectivity index (χ2v) is 5.69. The standard InChI is InChI=1S/C17H20N6O3/c1-4-13(23-14-9-7-6-8-12(14)20-21-23)16(24)19-15-11(10-18-22(15)3)17(25)26-5-2/h6-10,13H,4-5H2,1-3H3,(H,19,24). The first-order chi connectivity index (χ1) is 12.6. The van der Waals surface area contributed by atoms with E-state index in [9.17, 15) is 9.59 Å². The van der Waals surface area contributed by atoms with Gasteiger partial charge in [0.25, 0.3) is 0 Å². The van der Waals surface area contributed by atoms with Gasteiger partial charge in [-0.1, -0.05) is 24.3 Å². The molecule has 2 heterocycles. The number of nitrogens with one attached hydrogen (secondary N) is 1. The summed E-state index contributed by atoms with van der Waals surface area (Å²) in [5.74, 6) is -0.552. The highest BCUT2D eigenvalue weighted by Gasteiger charge is 2.25. The maximum Gasteiger partial charge on any atom is 0.343 e. The predicted octanol–water partition coefficient (Wildman–Crippen LogP) is 1.93. The summed E-state index contributed by atoms with van der Waals surface area (Å²) in [6, 6.07) is 6.85. The molecule has 9 heteroatoms. The molecular formula is C17H20N6O3. The molecule has 0 spiro atoms. The van der Waals surface area contributed by atoms with Gasteiger partial charge in [0.15, 0.2) is 0 Å². The first kappa shape index (κ1) is 17.6. The zero-order valence-electron chi connectivity index (χ0n) is 14.8. The zero-order valence-corrected chi connectivity index (χ0v) is 14.8. The Kier molecular flexibility index (Phi) is 4.97. The van der Waals surface area contributed by atoms with Gasteiger partial charge in [-0.3, -0.25) is 9.48 Å². The second kappa shape index (κ2) is 7.34. The molecule has 9 nitrogen and oxygen atoms in total. The molecule has 1 atom stereocenters. The Balaban J connectivity index is 1.89. The molecule has 0 saturated carbocycles. The zero-order chi connectivity index (χ0) is 18.7. The summed E-state index contributed by atoms with van der Waals surface area (Å²) in [5, 5.41) is 15.0. The number of hydrogen-bond acceptors (Lipinski definition) is 6. The van der Waals surface area contributed by atoms with E-state index in [1.807, 2.05) is 31.2 Å². The highest BCUT2D eigenvalue weighted by atomic mass is 16.5. The van der Waals surface area contributed by atoms with Gasteiger partial charge >= 0.3 is 5.97 Å². The molecule has 2 aromatic heterocycles. The Morgan fingerprint density at radius 3 is 2.77 bits per heavy atom. The minimum atomic E-state index is -0.577. The Hall–Kier alpha value is -3.23. The molecule has 1 unspecified atom stereocenters. The van der Waals surface area contributed by atoms with Gasteiger partial charge in [0.2, 0.25) is 5.91 Å². The van der Waals surface area contributed by atoms with Crippen LogP contribution in [0.3, 0.4) is 0 Å². The van der Waals surface area contributed by atoms with Crippen LogP contribution in [-0.2, 0) is 16.6 Å². The molecule has 1 amide bonds. The Morgan fingerprint density at radius 1 is 1.27 bits per heavy atom. The van der Waals surface area contributed by atoms with Crippen molar-refractivity contribution in [1.82, 2.24) is 24.8 Å². The normalized spacial score (nSPS) is 12.1. The highest BCUT2D eigenvalue weighted by molar-refractivity contribution is 6.01. The van der Waals surface area contributed by atoms with Crippen molar-refractivity contribution in [3.8, 4) is 0 Å².